The van der Waals surface area contributed by atoms with Gasteiger partial charge in [0.1, 0.15) is 28.1 Å². The maximum atomic E-state index is 13.7. The zero-order chi connectivity index (χ0) is 30.7. The third-order valence-electron chi connectivity index (χ3n) is 7.68. The molecular formula is C29H39BrN4O7S. The van der Waals surface area contributed by atoms with Crippen LogP contribution in [0.2, 0.25) is 0 Å². The molecule has 1 saturated carbocycles. The van der Waals surface area contributed by atoms with Gasteiger partial charge in [-0.3, -0.25) is 14.4 Å². The molecule has 230 valence electrons. The Morgan fingerprint density at radius 3 is 2.55 bits per heavy atom. The van der Waals surface area contributed by atoms with Crippen molar-refractivity contribution in [3.8, 4) is 0 Å². The quantitative estimate of drug-likeness (QED) is 0.416. The summed E-state index contributed by atoms with van der Waals surface area (Å²) in [7, 11) is -4.23. The van der Waals surface area contributed by atoms with Gasteiger partial charge >= 0.3 is 6.09 Å². The monoisotopic (exact) mass is 666 g/mol. The lowest BCUT2D eigenvalue weighted by atomic mass is 10.0. The highest BCUT2D eigenvalue weighted by atomic mass is 79.9. The van der Waals surface area contributed by atoms with Gasteiger partial charge in [0, 0.05) is 16.9 Å². The van der Waals surface area contributed by atoms with Crippen LogP contribution in [-0.4, -0.2) is 66.9 Å². The third kappa shape index (κ3) is 7.52. The zero-order valence-electron chi connectivity index (χ0n) is 24.2. The van der Waals surface area contributed by atoms with Crippen LogP contribution in [0.5, 0.6) is 0 Å². The van der Waals surface area contributed by atoms with Gasteiger partial charge in [0.15, 0.2) is 0 Å². The summed E-state index contributed by atoms with van der Waals surface area (Å²) in [5.74, 6) is -2.14. The van der Waals surface area contributed by atoms with Crippen LogP contribution in [0.15, 0.2) is 45.8 Å². The number of fused-ring (bicyclic) bond motifs is 2. The summed E-state index contributed by atoms with van der Waals surface area (Å²) in [5, 5.41) is 5.52. The lowest BCUT2D eigenvalue weighted by Gasteiger charge is -2.30. The number of sulfonamides is 1. The molecule has 1 aromatic carbocycles. The van der Waals surface area contributed by atoms with Crippen LogP contribution >= 0.6 is 15.9 Å². The molecule has 2 aliphatic heterocycles. The van der Waals surface area contributed by atoms with Crippen molar-refractivity contribution < 1.29 is 32.3 Å². The van der Waals surface area contributed by atoms with Crippen LogP contribution in [0.1, 0.15) is 72.1 Å². The SMILES string of the molecule is CC(C)(C)OC(=O)N[C@H]1CCCCCC=C[C@@H]2C[C@@]2(C(=O)NS(=O)(=O)c2ccccc2Br)NC(=O)[C@@H]2CCCN2C1=O. The van der Waals surface area contributed by atoms with Gasteiger partial charge < -0.3 is 20.3 Å². The van der Waals surface area contributed by atoms with Crippen LogP contribution in [0.3, 0.4) is 0 Å². The highest BCUT2D eigenvalue weighted by Crippen LogP contribution is 2.46. The summed E-state index contributed by atoms with van der Waals surface area (Å²) in [6.07, 6.45) is 7.71. The van der Waals surface area contributed by atoms with E-state index in [1.165, 1.54) is 11.0 Å². The van der Waals surface area contributed by atoms with Crippen molar-refractivity contribution in [2.75, 3.05) is 6.54 Å². The Morgan fingerprint density at radius 1 is 1.10 bits per heavy atom. The summed E-state index contributed by atoms with van der Waals surface area (Å²) in [4.78, 5) is 54.8. The van der Waals surface area contributed by atoms with Crippen molar-refractivity contribution in [2.45, 2.75) is 100 Å². The average molecular weight is 668 g/mol. The van der Waals surface area contributed by atoms with E-state index in [0.717, 1.165) is 12.8 Å². The summed E-state index contributed by atoms with van der Waals surface area (Å²) in [5.41, 5.74) is -2.21. The molecule has 42 heavy (non-hydrogen) atoms. The van der Waals surface area contributed by atoms with Crippen LogP contribution in [0, 0.1) is 5.92 Å². The smallest absolute Gasteiger partial charge is 0.408 e. The summed E-state index contributed by atoms with van der Waals surface area (Å²) < 4.78 is 34.0. The molecule has 0 bridgehead atoms. The maximum absolute atomic E-state index is 13.7. The minimum atomic E-state index is -4.23. The normalized spacial score (nSPS) is 27.0. The summed E-state index contributed by atoms with van der Waals surface area (Å²) >= 11 is 3.22. The average Bonchev–Trinajstić information content (AvgIpc) is 3.35. The summed E-state index contributed by atoms with van der Waals surface area (Å²) in [6, 6.07) is 4.42. The van der Waals surface area contributed by atoms with Crippen LogP contribution < -0.4 is 15.4 Å². The van der Waals surface area contributed by atoms with Gasteiger partial charge in [-0.2, -0.15) is 0 Å². The number of halogens is 1. The predicted molar refractivity (Wildman–Crippen MR) is 159 cm³/mol. The molecule has 0 unspecified atom stereocenters. The maximum Gasteiger partial charge on any atom is 0.408 e. The molecule has 3 N–H and O–H groups in total. The summed E-state index contributed by atoms with van der Waals surface area (Å²) in [6.45, 7) is 5.53. The number of nitrogens with zero attached hydrogens (tertiary/aromatic N) is 1. The van der Waals surface area contributed by atoms with Crippen molar-refractivity contribution >= 4 is 49.8 Å². The van der Waals surface area contributed by atoms with Crippen molar-refractivity contribution in [1.82, 2.24) is 20.3 Å². The molecular weight excluding hydrogens is 628 g/mol. The molecule has 1 saturated heterocycles. The van der Waals surface area contributed by atoms with E-state index in [0.29, 0.717) is 43.1 Å². The van der Waals surface area contributed by atoms with Crippen molar-refractivity contribution in [1.29, 1.82) is 0 Å². The van der Waals surface area contributed by atoms with Crippen LogP contribution in [0.4, 0.5) is 4.79 Å². The number of allylic oxidation sites excluding steroid dienone is 1. The van der Waals surface area contributed by atoms with E-state index in [4.69, 9.17) is 4.74 Å². The number of alkyl carbamates (subject to hydrolysis) is 1. The fraction of sp³-hybridized carbons (Fsp3) is 0.586. The van der Waals surface area contributed by atoms with Crippen molar-refractivity contribution in [3.05, 3.63) is 40.9 Å². The van der Waals surface area contributed by atoms with E-state index in [2.05, 4.69) is 31.3 Å². The van der Waals surface area contributed by atoms with E-state index in [1.54, 1.807) is 39.0 Å². The largest absolute Gasteiger partial charge is 0.444 e. The lowest BCUT2D eigenvalue weighted by molar-refractivity contribution is -0.141. The molecule has 13 heteroatoms. The van der Waals surface area contributed by atoms with E-state index < -0.39 is 57.1 Å². The first-order valence-corrected chi connectivity index (χ1v) is 16.6. The lowest BCUT2D eigenvalue weighted by Crippen LogP contribution is -2.58. The number of hydrogen-bond acceptors (Lipinski definition) is 7. The van der Waals surface area contributed by atoms with E-state index in [1.807, 2.05) is 12.2 Å². The second kappa shape index (κ2) is 12.7. The predicted octanol–water partition coefficient (Wildman–Crippen LogP) is 3.53. The first-order chi connectivity index (χ1) is 19.7. The van der Waals surface area contributed by atoms with Gasteiger partial charge in [-0.25, -0.2) is 17.9 Å². The standard InChI is InChI=1S/C29H39BrN4O7S/c1-28(2,3)41-27(38)31-21-14-8-6-4-5-7-12-19-18-29(19,32-24(35)22-15-11-17-34(22)25(21)36)26(37)33-42(39,40)23-16-10-9-13-20(23)30/h7,9-10,12-13,16,19,21-22H,4-6,8,11,14-15,17-18H2,1-3H3,(H,31,38)(H,32,35)(H,33,37)/t19-,21+,22+,29-/m1/s1. The minimum absolute atomic E-state index is 0.0953. The molecule has 0 aromatic heterocycles. The van der Waals surface area contributed by atoms with E-state index in [-0.39, 0.29) is 17.2 Å². The van der Waals surface area contributed by atoms with Gasteiger partial charge in [0.25, 0.3) is 15.9 Å². The van der Waals surface area contributed by atoms with Gasteiger partial charge in [0.05, 0.1) is 0 Å². The molecule has 2 heterocycles. The van der Waals surface area contributed by atoms with Gasteiger partial charge in [-0.05, 0) is 87.4 Å². The number of carbonyl (C=O) groups excluding carboxylic acids is 4. The highest BCUT2D eigenvalue weighted by molar-refractivity contribution is 9.10. The van der Waals surface area contributed by atoms with Crippen molar-refractivity contribution in [2.24, 2.45) is 5.92 Å². The molecule has 3 aliphatic rings. The molecule has 11 nitrogen and oxygen atoms in total. The number of carbonyl (C=O) groups is 4. The van der Waals surface area contributed by atoms with E-state index >= 15 is 0 Å². The molecule has 0 radical (unpaired) electrons. The number of hydrogen-bond donors (Lipinski definition) is 3. The number of nitrogens with one attached hydrogen (secondary N) is 3. The van der Waals surface area contributed by atoms with Crippen LogP contribution in [0.25, 0.3) is 0 Å². The Labute approximate surface area is 255 Å². The molecule has 1 aromatic rings. The molecule has 4 rings (SSSR count). The highest BCUT2D eigenvalue weighted by Gasteiger charge is 2.61. The number of ether oxygens (including phenoxy) is 1. The third-order valence-corrected chi connectivity index (χ3v) is 10.0. The Bertz CT molecular complexity index is 1360. The Kier molecular flexibility index (Phi) is 9.71. The first-order valence-electron chi connectivity index (χ1n) is 14.3. The van der Waals surface area contributed by atoms with Gasteiger partial charge in [0.2, 0.25) is 11.8 Å². The fourth-order valence-corrected chi connectivity index (χ4v) is 7.52. The van der Waals surface area contributed by atoms with Crippen molar-refractivity contribution in [3.63, 3.8) is 0 Å². The molecule has 1 aliphatic carbocycles. The Hall–Kier alpha value is -2.93. The number of rotatable bonds is 4. The Morgan fingerprint density at radius 2 is 1.83 bits per heavy atom. The minimum Gasteiger partial charge on any atom is -0.444 e. The molecule has 2 fully saturated rings. The fourth-order valence-electron chi connectivity index (χ4n) is 5.47. The molecule has 4 amide bonds. The number of amides is 4. The molecule has 4 atom stereocenters. The van der Waals surface area contributed by atoms with Crippen LogP contribution in [-0.2, 0) is 29.1 Å². The van der Waals surface area contributed by atoms with Gasteiger partial charge in [-0.1, -0.05) is 37.1 Å². The zero-order valence-corrected chi connectivity index (χ0v) is 26.6. The topological polar surface area (TPSA) is 151 Å². The second-order valence-electron chi connectivity index (χ2n) is 12.1. The van der Waals surface area contributed by atoms with Gasteiger partial charge in [-0.15, -0.1) is 0 Å². The van der Waals surface area contributed by atoms with E-state index in [9.17, 15) is 27.6 Å². The second-order valence-corrected chi connectivity index (χ2v) is 14.6. The number of benzene rings is 1. The Balaban J connectivity index is 1.57. The first kappa shape index (κ1) is 32.0. The molecule has 0 spiro atoms.